The van der Waals surface area contributed by atoms with Crippen molar-refractivity contribution in [1.29, 1.82) is 5.26 Å². The summed E-state index contributed by atoms with van der Waals surface area (Å²) in [5, 5.41) is 12.6. The largest absolute Gasteiger partial charge is 0.484 e. The number of rotatable bonds is 6. The Balaban J connectivity index is 1.53. The molecule has 0 spiro atoms. The zero-order valence-corrected chi connectivity index (χ0v) is 19.3. The van der Waals surface area contributed by atoms with Crippen LogP contribution in [0.4, 0.5) is 0 Å². The number of ketones is 1. The van der Waals surface area contributed by atoms with Gasteiger partial charge in [0.15, 0.2) is 12.4 Å². The van der Waals surface area contributed by atoms with Gasteiger partial charge in [-0.25, -0.2) is 0 Å². The van der Waals surface area contributed by atoms with E-state index in [9.17, 15) is 14.9 Å². The third kappa shape index (κ3) is 4.96. The van der Waals surface area contributed by atoms with Crippen LogP contribution in [0.1, 0.15) is 43.7 Å². The number of carbonyl (C=O) groups excluding carboxylic acids is 2. The lowest BCUT2D eigenvalue weighted by Gasteiger charge is -2.37. The summed E-state index contributed by atoms with van der Waals surface area (Å²) >= 11 is 0. The van der Waals surface area contributed by atoms with Gasteiger partial charge in [0.05, 0.1) is 5.92 Å². The van der Waals surface area contributed by atoms with Gasteiger partial charge in [0.1, 0.15) is 23.2 Å². The molecule has 0 saturated carbocycles. The van der Waals surface area contributed by atoms with Crippen LogP contribution in [-0.2, 0) is 20.9 Å². The minimum absolute atomic E-state index is 0.0170. The molecule has 7 nitrogen and oxygen atoms in total. The van der Waals surface area contributed by atoms with Crippen molar-refractivity contribution in [3.63, 3.8) is 0 Å². The molecule has 7 heteroatoms. The van der Waals surface area contributed by atoms with Crippen molar-refractivity contribution in [1.82, 2.24) is 5.32 Å². The average molecular weight is 458 g/mol. The van der Waals surface area contributed by atoms with Crippen molar-refractivity contribution in [3.8, 4) is 11.8 Å². The summed E-state index contributed by atoms with van der Waals surface area (Å²) in [6.45, 7) is 4.26. The van der Waals surface area contributed by atoms with Crippen molar-refractivity contribution in [2.75, 3.05) is 6.61 Å². The molecule has 174 valence electrons. The van der Waals surface area contributed by atoms with Gasteiger partial charge in [-0.15, -0.1) is 0 Å². The highest BCUT2D eigenvalue weighted by atomic mass is 16.5. The molecule has 2 aromatic carbocycles. The minimum atomic E-state index is -0.632. The van der Waals surface area contributed by atoms with E-state index in [0.29, 0.717) is 42.0 Å². The molecule has 1 amide bonds. The summed E-state index contributed by atoms with van der Waals surface area (Å²) in [5.41, 5.74) is 8.19. The van der Waals surface area contributed by atoms with Crippen LogP contribution < -0.4 is 15.8 Å². The first kappa shape index (κ1) is 23.1. The Morgan fingerprint density at radius 1 is 1.21 bits per heavy atom. The third-order valence-electron chi connectivity index (χ3n) is 5.97. The highest BCUT2D eigenvalue weighted by Gasteiger charge is 2.43. The Morgan fingerprint density at radius 2 is 1.97 bits per heavy atom. The van der Waals surface area contributed by atoms with Gasteiger partial charge >= 0.3 is 0 Å². The molecule has 2 aliphatic rings. The molecule has 1 atom stereocenters. The average Bonchev–Trinajstić information content (AvgIpc) is 2.80. The van der Waals surface area contributed by atoms with Crippen LogP contribution in [0.5, 0.6) is 5.75 Å². The number of hydrogen-bond acceptors (Lipinski definition) is 6. The normalized spacial score (nSPS) is 19.1. The Morgan fingerprint density at radius 3 is 2.71 bits per heavy atom. The van der Waals surface area contributed by atoms with Crippen LogP contribution in [-0.4, -0.2) is 18.3 Å². The molecule has 1 aliphatic heterocycles. The lowest BCUT2D eigenvalue weighted by atomic mass is 9.70. The van der Waals surface area contributed by atoms with Crippen molar-refractivity contribution >= 4 is 11.7 Å². The summed E-state index contributed by atoms with van der Waals surface area (Å²) in [7, 11) is 0. The summed E-state index contributed by atoms with van der Waals surface area (Å²) in [6.07, 6.45) is 0.920. The molecule has 1 heterocycles. The minimum Gasteiger partial charge on any atom is -0.484 e. The number of nitrogens with zero attached hydrogens (tertiary/aromatic N) is 1. The van der Waals surface area contributed by atoms with Crippen LogP contribution in [0.15, 0.2) is 77.4 Å². The summed E-state index contributed by atoms with van der Waals surface area (Å²) < 4.78 is 11.4. The van der Waals surface area contributed by atoms with Crippen molar-refractivity contribution in [3.05, 3.63) is 88.5 Å². The number of nitrogens with two attached hydrogens (primary N) is 1. The fourth-order valence-electron chi connectivity index (χ4n) is 4.40. The smallest absolute Gasteiger partial charge is 0.258 e. The van der Waals surface area contributed by atoms with Gasteiger partial charge in [0.25, 0.3) is 5.91 Å². The fourth-order valence-corrected chi connectivity index (χ4v) is 4.40. The van der Waals surface area contributed by atoms with E-state index in [4.69, 9.17) is 15.2 Å². The van der Waals surface area contributed by atoms with Crippen LogP contribution in [0.2, 0.25) is 0 Å². The number of nitriles is 1. The molecule has 1 unspecified atom stereocenters. The van der Waals surface area contributed by atoms with Gasteiger partial charge < -0.3 is 20.5 Å². The van der Waals surface area contributed by atoms with Crippen LogP contribution >= 0.6 is 0 Å². The number of nitrogens with one attached hydrogen (secondary N) is 1. The number of Topliss-reactive ketones (excluding diaryl/α,β-unsaturated/α-hetero) is 1. The molecule has 0 saturated heterocycles. The van der Waals surface area contributed by atoms with E-state index in [1.54, 1.807) is 18.2 Å². The molecule has 0 bridgehead atoms. The van der Waals surface area contributed by atoms with Crippen LogP contribution in [0.25, 0.3) is 0 Å². The Hall–Kier alpha value is -4.05. The molecule has 0 aromatic heterocycles. The SMILES string of the molecule is CC1(C)CC(=O)C2=C(C1)OC(N)=C(C#N)C2c1cccc(OCC(=O)NCc2ccccc2)c1. The predicted molar refractivity (Wildman–Crippen MR) is 126 cm³/mol. The van der Waals surface area contributed by atoms with Gasteiger partial charge in [-0.2, -0.15) is 5.26 Å². The molecule has 34 heavy (non-hydrogen) atoms. The predicted octanol–water partition coefficient (Wildman–Crippen LogP) is 3.83. The molecule has 0 radical (unpaired) electrons. The second kappa shape index (κ2) is 9.44. The van der Waals surface area contributed by atoms with Crippen molar-refractivity contribution in [2.45, 2.75) is 39.2 Å². The molecule has 2 aromatic rings. The first-order chi connectivity index (χ1) is 16.3. The third-order valence-corrected chi connectivity index (χ3v) is 5.97. The van der Waals surface area contributed by atoms with Crippen LogP contribution in [0, 0.1) is 16.7 Å². The highest BCUT2D eigenvalue weighted by molar-refractivity contribution is 6.00. The van der Waals surface area contributed by atoms with E-state index < -0.39 is 5.92 Å². The molecular weight excluding hydrogens is 430 g/mol. The zero-order chi connectivity index (χ0) is 24.3. The van der Waals surface area contributed by atoms with Crippen LogP contribution in [0.3, 0.4) is 0 Å². The number of hydrogen-bond donors (Lipinski definition) is 2. The number of ether oxygens (including phenoxy) is 2. The zero-order valence-electron chi connectivity index (χ0n) is 19.3. The maximum atomic E-state index is 13.1. The Bertz CT molecular complexity index is 1220. The standard InChI is InChI=1S/C27H27N3O4/c1-27(2)12-21(31)25-22(13-27)34-26(29)20(14-28)24(25)18-9-6-10-19(11-18)33-16-23(32)30-15-17-7-4-3-5-8-17/h3-11,24H,12-13,15-16,29H2,1-2H3,(H,30,32). The quantitative estimate of drug-likeness (QED) is 0.681. The molecule has 0 fully saturated rings. The summed E-state index contributed by atoms with van der Waals surface area (Å²) in [6, 6.07) is 18.8. The molecular formula is C27H27N3O4. The highest BCUT2D eigenvalue weighted by Crippen LogP contribution is 2.48. The number of benzene rings is 2. The van der Waals surface area contributed by atoms with E-state index in [2.05, 4.69) is 11.4 Å². The molecule has 1 aliphatic carbocycles. The van der Waals surface area contributed by atoms with E-state index in [1.165, 1.54) is 0 Å². The maximum absolute atomic E-state index is 13.1. The Kier molecular flexibility index (Phi) is 6.42. The second-order valence-electron chi connectivity index (χ2n) is 9.33. The van der Waals surface area contributed by atoms with Gasteiger partial charge in [0.2, 0.25) is 5.88 Å². The Labute approximate surface area is 198 Å². The summed E-state index contributed by atoms with van der Waals surface area (Å²) in [4.78, 5) is 25.3. The van der Waals surface area contributed by atoms with Gasteiger partial charge in [-0.1, -0.05) is 56.3 Å². The van der Waals surface area contributed by atoms with E-state index >= 15 is 0 Å². The lowest BCUT2D eigenvalue weighted by Crippen LogP contribution is -2.33. The van der Waals surface area contributed by atoms with E-state index in [0.717, 1.165) is 5.56 Å². The van der Waals surface area contributed by atoms with Gasteiger partial charge in [-0.3, -0.25) is 9.59 Å². The van der Waals surface area contributed by atoms with Crippen molar-refractivity contribution < 1.29 is 19.1 Å². The maximum Gasteiger partial charge on any atom is 0.258 e. The first-order valence-electron chi connectivity index (χ1n) is 11.1. The topological polar surface area (TPSA) is 114 Å². The van der Waals surface area contributed by atoms with Gasteiger partial charge in [-0.05, 0) is 28.7 Å². The van der Waals surface area contributed by atoms with E-state index in [1.807, 2.05) is 50.2 Å². The van der Waals surface area contributed by atoms with Gasteiger partial charge in [0, 0.05) is 25.0 Å². The molecule has 4 rings (SSSR count). The monoisotopic (exact) mass is 457 g/mol. The number of amides is 1. The fraction of sp³-hybridized carbons (Fsp3) is 0.296. The lowest BCUT2D eigenvalue weighted by molar-refractivity contribution is -0.123. The summed E-state index contributed by atoms with van der Waals surface area (Å²) in [5.74, 6) is 0.0611. The first-order valence-corrected chi connectivity index (χ1v) is 11.1. The number of carbonyl (C=O) groups is 2. The van der Waals surface area contributed by atoms with Crippen molar-refractivity contribution in [2.24, 2.45) is 11.1 Å². The van der Waals surface area contributed by atoms with E-state index in [-0.39, 0.29) is 35.2 Å². The number of allylic oxidation sites excluding steroid dienone is 3. The second-order valence-corrected chi connectivity index (χ2v) is 9.33. The molecule has 3 N–H and O–H groups in total.